The van der Waals surface area contributed by atoms with Crippen molar-refractivity contribution in [3.63, 3.8) is 0 Å². The number of carbonyl (C=O) groups excluding carboxylic acids is 1. The van der Waals surface area contributed by atoms with Crippen molar-refractivity contribution < 1.29 is 13.2 Å². The Bertz CT molecular complexity index is 536. The molecule has 0 aliphatic carbocycles. The van der Waals surface area contributed by atoms with E-state index in [9.17, 15) is 13.2 Å². The Morgan fingerprint density at radius 3 is 2.76 bits per heavy atom. The maximum absolute atomic E-state index is 11.8. The van der Waals surface area contributed by atoms with Crippen molar-refractivity contribution >= 4 is 21.4 Å². The van der Waals surface area contributed by atoms with E-state index in [2.05, 4.69) is 5.32 Å². The summed E-state index contributed by atoms with van der Waals surface area (Å²) < 4.78 is 22.5. The molecule has 4 nitrogen and oxygen atoms in total. The lowest BCUT2D eigenvalue weighted by Crippen LogP contribution is -2.23. The van der Waals surface area contributed by atoms with Crippen LogP contribution in [0.3, 0.4) is 0 Å². The first-order valence-electron chi connectivity index (χ1n) is 5.54. The molecule has 1 atom stereocenters. The molecule has 0 spiro atoms. The molecule has 1 aliphatic heterocycles. The summed E-state index contributed by atoms with van der Waals surface area (Å²) in [7, 11) is -3.00. The molecule has 1 unspecified atom stereocenters. The minimum Gasteiger partial charge on any atom is -0.326 e. The molecular formula is C12H15NO3S. The van der Waals surface area contributed by atoms with Gasteiger partial charge in [-0.05, 0) is 31.0 Å². The summed E-state index contributed by atoms with van der Waals surface area (Å²) >= 11 is 0. The van der Waals surface area contributed by atoms with Crippen LogP contribution in [0.25, 0.3) is 0 Å². The Morgan fingerprint density at radius 2 is 2.18 bits per heavy atom. The number of benzene rings is 1. The van der Waals surface area contributed by atoms with E-state index in [0.717, 1.165) is 11.3 Å². The SMILES string of the molecule is Cc1cccc(NC(=O)C2CCS(=O)(=O)C2)c1. The zero-order chi connectivity index (χ0) is 12.5. The summed E-state index contributed by atoms with van der Waals surface area (Å²) in [5.74, 6) is -0.499. The van der Waals surface area contributed by atoms with Gasteiger partial charge in [0.1, 0.15) is 0 Å². The van der Waals surface area contributed by atoms with Crippen LogP contribution in [0.4, 0.5) is 5.69 Å². The van der Waals surface area contributed by atoms with Crippen molar-refractivity contribution in [1.29, 1.82) is 0 Å². The molecule has 2 rings (SSSR count). The van der Waals surface area contributed by atoms with E-state index >= 15 is 0 Å². The van der Waals surface area contributed by atoms with Gasteiger partial charge in [-0.2, -0.15) is 0 Å². The van der Waals surface area contributed by atoms with Crippen LogP contribution in [-0.2, 0) is 14.6 Å². The second kappa shape index (κ2) is 4.49. The second-order valence-corrected chi connectivity index (χ2v) is 6.69. The fourth-order valence-corrected chi connectivity index (χ4v) is 3.71. The van der Waals surface area contributed by atoms with Gasteiger partial charge in [-0.3, -0.25) is 4.79 Å². The number of hydrogen-bond acceptors (Lipinski definition) is 3. The molecule has 1 heterocycles. The van der Waals surface area contributed by atoms with Crippen LogP contribution in [0.15, 0.2) is 24.3 Å². The summed E-state index contributed by atoms with van der Waals surface area (Å²) in [5, 5.41) is 2.76. The molecule has 1 fully saturated rings. The standard InChI is InChI=1S/C12H15NO3S/c1-9-3-2-4-11(7-9)13-12(14)10-5-6-17(15,16)8-10/h2-4,7,10H,5-6,8H2,1H3,(H,13,14). The van der Waals surface area contributed by atoms with E-state index < -0.39 is 15.8 Å². The fraction of sp³-hybridized carbons (Fsp3) is 0.417. The average molecular weight is 253 g/mol. The Labute approximate surface area is 101 Å². The van der Waals surface area contributed by atoms with Crippen molar-refractivity contribution in [3.8, 4) is 0 Å². The highest BCUT2D eigenvalue weighted by Gasteiger charge is 2.32. The number of rotatable bonds is 2. The van der Waals surface area contributed by atoms with Gasteiger partial charge in [0, 0.05) is 5.69 Å². The third-order valence-electron chi connectivity index (χ3n) is 2.89. The molecule has 0 radical (unpaired) electrons. The molecule has 0 bridgehead atoms. The van der Waals surface area contributed by atoms with E-state index in [1.807, 2.05) is 25.1 Å². The van der Waals surface area contributed by atoms with Crippen LogP contribution in [0, 0.1) is 12.8 Å². The maximum atomic E-state index is 11.8. The normalized spacial score (nSPS) is 22.3. The number of anilines is 1. The molecule has 1 aromatic carbocycles. The molecule has 17 heavy (non-hydrogen) atoms. The van der Waals surface area contributed by atoms with Crippen LogP contribution >= 0.6 is 0 Å². The maximum Gasteiger partial charge on any atom is 0.228 e. The highest BCUT2D eigenvalue weighted by molar-refractivity contribution is 7.91. The third kappa shape index (κ3) is 3.06. The Balaban J connectivity index is 2.03. The summed E-state index contributed by atoms with van der Waals surface area (Å²) in [6.07, 6.45) is 0.431. The first-order valence-corrected chi connectivity index (χ1v) is 7.36. The van der Waals surface area contributed by atoms with Gasteiger partial charge in [0.2, 0.25) is 5.91 Å². The van der Waals surface area contributed by atoms with Crippen molar-refractivity contribution in [3.05, 3.63) is 29.8 Å². The summed E-state index contributed by atoms with van der Waals surface area (Å²) in [6, 6.07) is 7.46. The van der Waals surface area contributed by atoms with Gasteiger partial charge < -0.3 is 5.32 Å². The summed E-state index contributed by atoms with van der Waals surface area (Å²) in [6.45, 7) is 1.94. The Kier molecular flexibility index (Phi) is 3.19. The summed E-state index contributed by atoms with van der Waals surface area (Å²) in [5.41, 5.74) is 1.78. The van der Waals surface area contributed by atoms with Gasteiger partial charge in [0.15, 0.2) is 9.84 Å². The number of carbonyl (C=O) groups is 1. The van der Waals surface area contributed by atoms with Gasteiger partial charge in [0.25, 0.3) is 0 Å². The topological polar surface area (TPSA) is 63.2 Å². The number of sulfone groups is 1. The monoisotopic (exact) mass is 253 g/mol. The van der Waals surface area contributed by atoms with Crippen molar-refractivity contribution in [2.24, 2.45) is 5.92 Å². The number of aryl methyl sites for hydroxylation is 1. The molecule has 1 saturated heterocycles. The van der Waals surface area contributed by atoms with E-state index in [0.29, 0.717) is 6.42 Å². The molecule has 92 valence electrons. The van der Waals surface area contributed by atoms with Crippen molar-refractivity contribution in [2.75, 3.05) is 16.8 Å². The zero-order valence-corrected chi connectivity index (χ0v) is 10.5. The quantitative estimate of drug-likeness (QED) is 0.865. The van der Waals surface area contributed by atoms with E-state index in [1.54, 1.807) is 6.07 Å². The molecule has 1 aliphatic rings. The smallest absolute Gasteiger partial charge is 0.228 e. The van der Waals surface area contributed by atoms with E-state index in [1.165, 1.54) is 0 Å². The number of amides is 1. The molecular weight excluding hydrogens is 238 g/mol. The summed E-state index contributed by atoms with van der Waals surface area (Å²) in [4.78, 5) is 11.8. The highest BCUT2D eigenvalue weighted by atomic mass is 32.2. The average Bonchev–Trinajstić information content (AvgIpc) is 2.59. The van der Waals surface area contributed by atoms with Crippen LogP contribution in [0.1, 0.15) is 12.0 Å². The third-order valence-corrected chi connectivity index (χ3v) is 4.66. The number of nitrogens with one attached hydrogen (secondary N) is 1. The van der Waals surface area contributed by atoms with Gasteiger partial charge in [-0.15, -0.1) is 0 Å². The molecule has 1 aromatic rings. The fourth-order valence-electron chi connectivity index (χ4n) is 1.97. The van der Waals surface area contributed by atoms with Gasteiger partial charge in [0.05, 0.1) is 17.4 Å². The van der Waals surface area contributed by atoms with Crippen LogP contribution in [0.2, 0.25) is 0 Å². The lowest BCUT2D eigenvalue weighted by Gasteiger charge is -2.09. The largest absolute Gasteiger partial charge is 0.326 e. The van der Waals surface area contributed by atoms with Crippen LogP contribution < -0.4 is 5.32 Å². The molecule has 5 heteroatoms. The Morgan fingerprint density at radius 1 is 1.41 bits per heavy atom. The molecule has 1 amide bonds. The number of hydrogen-bond donors (Lipinski definition) is 1. The van der Waals surface area contributed by atoms with Gasteiger partial charge >= 0.3 is 0 Å². The minimum absolute atomic E-state index is 0.0232. The second-order valence-electron chi connectivity index (χ2n) is 4.46. The first kappa shape index (κ1) is 12.1. The highest BCUT2D eigenvalue weighted by Crippen LogP contribution is 2.20. The van der Waals surface area contributed by atoms with Gasteiger partial charge in [-0.25, -0.2) is 8.42 Å². The molecule has 0 saturated carbocycles. The lowest BCUT2D eigenvalue weighted by molar-refractivity contribution is -0.119. The molecule has 0 aromatic heterocycles. The molecule has 1 N–H and O–H groups in total. The van der Waals surface area contributed by atoms with Crippen LogP contribution in [-0.4, -0.2) is 25.8 Å². The van der Waals surface area contributed by atoms with Gasteiger partial charge in [-0.1, -0.05) is 12.1 Å². The van der Waals surface area contributed by atoms with E-state index in [-0.39, 0.29) is 17.4 Å². The predicted octanol–water partition coefficient (Wildman–Crippen LogP) is 1.37. The van der Waals surface area contributed by atoms with Crippen molar-refractivity contribution in [2.45, 2.75) is 13.3 Å². The van der Waals surface area contributed by atoms with Crippen LogP contribution in [0.5, 0.6) is 0 Å². The zero-order valence-electron chi connectivity index (χ0n) is 9.64. The minimum atomic E-state index is -3.00. The predicted molar refractivity (Wildman–Crippen MR) is 66.6 cm³/mol. The van der Waals surface area contributed by atoms with E-state index in [4.69, 9.17) is 0 Å². The lowest BCUT2D eigenvalue weighted by atomic mass is 10.1. The first-order chi connectivity index (χ1) is 7.96. The Hall–Kier alpha value is -1.36. The van der Waals surface area contributed by atoms with Crippen molar-refractivity contribution in [1.82, 2.24) is 0 Å².